The Morgan fingerprint density at radius 1 is 1.27 bits per heavy atom. The van der Waals surface area contributed by atoms with Crippen molar-refractivity contribution in [2.45, 2.75) is 25.4 Å². The minimum Gasteiger partial charge on any atom is -0.497 e. The molecule has 5 rings (SSSR count). The van der Waals surface area contributed by atoms with Crippen LogP contribution in [-0.4, -0.2) is 48.5 Å². The van der Waals surface area contributed by atoms with Crippen LogP contribution in [0.5, 0.6) is 11.5 Å². The molecular formula is C24H23FN2O6. The summed E-state index contributed by atoms with van der Waals surface area (Å²) in [5, 5.41) is 2.73. The Hall–Kier alpha value is -3.62. The molecule has 1 N–H and O–H groups in total. The molecule has 0 aromatic heterocycles. The van der Waals surface area contributed by atoms with E-state index in [0.29, 0.717) is 17.1 Å². The predicted octanol–water partition coefficient (Wildman–Crippen LogP) is 2.93. The first-order valence-electron chi connectivity index (χ1n) is 10.7. The summed E-state index contributed by atoms with van der Waals surface area (Å²) in [4.78, 5) is 42.1. The molecule has 33 heavy (non-hydrogen) atoms. The molecule has 8 nitrogen and oxygen atoms in total. The molecule has 172 valence electrons. The van der Waals surface area contributed by atoms with Crippen LogP contribution in [0.2, 0.25) is 0 Å². The van der Waals surface area contributed by atoms with Crippen molar-refractivity contribution in [3.8, 4) is 11.5 Å². The van der Waals surface area contributed by atoms with E-state index < -0.39 is 47.0 Å². The SMILES string of the molecule is CCOC(=O)[C@H]1[C@H]2COc3cc(OC)ccc3[C@@H]2N2C(=O)c3cc(F)ccc3NC(=O)[C@@]12C. The highest BCUT2D eigenvalue weighted by Crippen LogP contribution is 2.57. The molecule has 0 aliphatic carbocycles. The number of nitrogens with one attached hydrogen (secondary N) is 1. The van der Waals surface area contributed by atoms with E-state index in [-0.39, 0.29) is 24.5 Å². The van der Waals surface area contributed by atoms with Crippen LogP contribution in [-0.2, 0) is 14.3 Å². The number of anilines is 1. The summed E-state index contributed by atoms with van der Waals surface area (Å²) in [6.45, 7) is 3.46. The highest BCUT2D eigenvalue weighted by atomic mass is 19.1. The maximum atomic E-state index is 14.1. The van der Waals surface area contributed by atoms with E-state index in [0.717, 1.165) is 6.07 Å². The molecule has 3 heterocycles. The topological polar surface area (TPSA) is 94.2 Å². The van der Waals surface area contributed by atoms with E-state index in [9.17, 15) is 18.8 Å². The molecule has 4 atom stereocenters. The van der Waals surface area contributed by atoms with Crippen molar-refractivity contribution in [1.29, 1.82) is 0 Å². The Morgan fingerprint density at radius 2 is 2.06 bits per heavy atom. The largest absolute Gasteiger partial charge is 0.497 e. The van der Waals surface area contributed by atoms with E-state index in [1.54, 1.807) is 32.0 Å². The second-order valence-electron chi connectivity index (χ2n) is 8.52. The van der Waals surface area contributed by atoms with Crippen LogP contribution in [0, 0.1) is 17.7 Å². The second-order valence-corrected chi connectivity index (χ2v) is 8.52. The number of methoxy groups -OCH3 is 1. The number of nitrogens with zero attached hydrogens (tertiary/aromatic N) is 1. The van der Waals surface area contributed by atoms with Gasteiger partial charge in [0.15, 0.2) is 0 Å². The van der Waals surface area contributed by atoms with E-state index in [2.05, 4.69) is 5.32 Å². The summed E-state index contributed by atoms with van der Waals surface area (Å²) in [5.74, 6) is -2.73. The Kier molecular flexibility index (Phi) is 4.81. The average Bonchev–Trinajstić information content (AvgIpc) is 3.05. The van der Waals surface area contributed by atoms with Crippen LogP contribution < -0.4 is 14.8 Å². The third kappa shape index (κ3) is 2.91. The lowest BCUT2D eigenvalue weighted by Gasteiger charge is -2.38. The van der Waals surface area contributed by atoms with Crippen LogP contribution in [0.4, 0.5) is 10.1 Å². The molecule has 3 aliphatic heterocycles. The van der Waals surface area contributed by atoms with Gasteiger partial charge in [0.1, 0.15) is 22.9 Å². The zero-order chi connectivity index (χ0) is 23.5. The highest BCUT2D eigenvalue weighted by molar-refractivity contribution is 6.13. The number of halogens is 1. The van der Waals surface area contributed by atoms with Crippen molar-refractivity contribution in [2.24, 2.45) is 11.8 Å². The summed E-state index contributed by atoms with van der Waals surface area (Å²) in [7, 11) is 1.53. The number of amides is 2. The molecule has 1 saturated heterocycles. The lowest BCUT2D eigenvalue weighted by atomic mass is 9.77. The van der Waals surface area contributed by atoms with Gasteiger partial charge in [-0.05, 0) is 44.2 Å². The van der Waals surface area contributed by atoms with Gasteiger partial charge in [-0.1, -0.05) is 0 Å². The van der Waals surface area contributed by atoms with Crippen molar-refractivity contribution in [3.63, 3.8) is 0 Å². The van der Waals surface area contributed by atoms with Crippen molar-refractivity contribution >= 4 is 23.5 Å². The standard InChI is InChI=1S/C24H23FN2O6/c1-4-32-22(29)19-16-11-33-18-10-13(31-3)6-7-14(18)20(16)27-21(28)15-9-12(25)5-8-17(15)26-23(30)24(19,27)2/h5-10,16,19-20H,4,11H2,1-3H3,(H,26,30)/t16-,19-,20+,24-/m1/s1. The van der Waals surface area contributed by atoms with E-state index >= 15 is 0 Å². The van der Waals surface area contributed by atoms with Gasteiger partial charge in [-0.2, -0.15) is 0 Å². The summed E-state index contributed by atoms with van der Waals surface area (Å²) in [5.41, 5.74) is -0.717. The fraction of sp³-hybridized carbons (Fsp3) is 0.375. The smallest absolute Gasteiger partial charge is 0.312 e. The Bertz CT molecular complexity index is 1180. The molecular weight excluding hydrogens is 431 g/mol. The monoisotopic (exact) mass is 454 g/mol. The molecule has 3 aliphatic rings. The van der Waals surface area contributed by atoms with Crippen molar-refractivity contribution in [2.75, 3.05) is 25.6 Å². The second kappa shape index (κ2) is 7.47. The number of fused-ring (bicyclic) bond motifs is 6. The number of ether oxygens (including phenoxy) is 3. The number of rotatable bonds is 3. The molecule has 2 aromatic rings. The number of carbonyl (C=O) groups is 3. The van der Waals surface area contributed by atoms with E-state index in [1.807, 2.05) is 0 Å². The van der Waals surface area contributed by atoms with Crippen molar-refractivity contribution < 1.29 is 33.0 Å². The summed E-state index contributed by atoms with van der Waals surface area (Å²) in [6, 6.07) is 8.17. The maximum Gasteiger partial charge on any atom is 0.312 e. The van der Waals surface area contributed by atoms with Crippen LogP contribution in [0.15, 0.2) is 36.4 Å². The van der Waals surface area contributed by atoms with Crippen molar-refractivity contribution in [1.82, 2.24) is 4.90 Å². The fourth-order valence-electron chi connectivity index (χ4n) is 5.39. The molecule has 0 bridgehead atoms. The van der Waals surface area contributed by atoms with Gasteiger partial charge in [0.25, 0.3) is 11.8 Å². The molecule has 1 fully saturated rings. The van der Waals surface area contributed by atoms with Gasteiger partial charge in [-0.3, -0.25) is 14.4 Å². The van der Waals surface area contributed by atoms with Crippen LogP contribution in [0.1, 0.15) is 35.8 Å². The Labute approximate surface area is 189 Å². The van der Waals surface area contributed by atoms with E-state index in [4.69, 9.17) is 14.2 Å². The first kappa shape index (κ1) is 21.2. The molecule has 0 unspecified atom stereocenters. The molecule has 9 heteroatoms. The maximum absolute atomic E-state index is 14.1. The lowest BCUT2D eigenvalue weighted by Crippen LogP contribution is -2.57. The summed E-state index contributed by atoms with van der Waals surface area (Å²) in [6.07, 6.45) is 0. The van der Waals surface area contributed by atoms with Gasteiger partial charge >= 0.3 is 5.97 Å². The number of hydrogen-bond acceptors (Lipinski definition) is 6. The van der Waals surface area contributed by atoms with Crippen LogP contribution in [0.3, 0.4) is 0 Å². The van der Waals surface area contributed by atoms with Crippen LogP contribution in [0.25, 0.3) is 0 Å². The van der Waals surface area contributed by atoms with Crippen molar-refractivity contribution in [3.05, 3.63) is 53.3 Å². The molecule has 2 amide bonds. The first-order valence-corrected chi connectivity index (χ1v) is 10.7. The normalized spacial score (nSPS) is 27.3. The van der Waals surface area contributed by atoms with Gasteiger partial charge in [0, 0.05) is 17.5 Å². The highest BCUT2D eigenvalue weighted by Gasteiger charge is 2.67. The Balaban J connectivity index is 1.74. The van der Waals surface area contributed by atoms with Gasteiger partial charge in [0.05, 0.1) is 43.5 Å². The summed E-state index contributed by atoms with van der Waals surface area (Å²) < 4.78 is 30.7. The first-order chi connectivity index (χ1) is 15.8. The lowest BCUT2D eigenvalue weighted by molar-refractivity contribution is -0.155. The summed E-state index contributed by atoms with van der Waals surface area (Å²) >= 11 is 0. The Morgan fingerprint density at radius 3 is 2.79 bits per heavy atom. The van der Waals surface area contributed by atoms with Gasteiger partial charge in [-0.25, -0.2) is 4.39 Å². The molecule has 2 aromatic carbocycles. The third-order valence-electron chi connectivity index (χ3n) is 6.87. The quantitative estimate of drug-likeness (QED) is 0.717. The average molecular weight is 454 g/mol. The van der Waals surface area contributed by atoms with Gasteiger partial charge in [0.2, 0.25) is 0 Å². The number of hydrogen-bond donors (Lipinski definition) is 1. The van der Waals surface area contributed by atoms with Crippen LogP contribution >= 0.6 is 0 Å². The predicted molar refractivity (Wildman–Crippen MR) is 114 cm³/mol. The van der Waals surface area contributed by atoms with Gasteiger partial charge in [-0.15, -0.1) is 0 Å². The third-order valence-corrected chi connectivity index (χ3v) is 6.87. The minimum atomic E-state index is -1.58. The fourth-order valence-corrected chi connectivity index (χ4v) is 5.39. The molecule has 0 radical (unpaired) electrons. The zero-order valence-corrected chi connectivity index (χ0v) is 18.4. The van der Waals surface area contributed by atoms with E-state index in [1.165, 1.54) is 24.1 Å². The number of carbonyl (C=O) groups excluding carboxylic acids is 3. The number of esters is 1. The number of benzene rings is 2. The zero-order valence-electron chi connectivity index (χ0n) is 18.4. The van der Waals surface area contributed by atoms with Gasteiger partial charge < -0.3 is 24.4 Å². The molecule has 0 spiro atoms. The minimum absolute atomic E-state index is 0.0249. The molecule has 0 saturated carbocycles.